The molecule has 92 valence electrons. The van der Waals surface area contributed by atoms with Gasteiger partial charge in [-0.25, -0.2) is 0 Å². The summed E-state index contributed by atoms with van der Waals surface area (Å²) in [4.78, 5) is 2.27. The highest BCUT2D eigenvalue weighted by Gasteiger charge is 1.93. The fourth-order valence-electron chi connectivity index (χ4n) is 1.74. The molecular formula is C13H29NO. The van der Waals surface area contributed by atoms with E-state index in [1.54, 1.807) is 7.11 Å². The van der Waals surface area contributed by atoms with E-state index in [9.17, 15) is 0 Å². The van der Waals surface area contributed by atoms with Gasteiger partial charge in [-0.2, -0.15) is 0 Å². The fraction of sp³-hybridized carbons (Fsp3) is 1.00. The maximum absolute atomic E-state index is 5.02. The van der Waals surface area contributed by atoms with Crippen molar-refractivity contribution >= 4 is 0 Å². The number of unbranched alkanes of at least 4 members (excludes halogenated alkanes) is 7. The summed E-state index contributed by atoms with van der Waals surface area (Å²) in [5, 5.41) is 0. The normalized spacial score (nSPS) is 11.2. The van der Waals surface area contributed by atoms with Gasteiger partial charge in [-0.15, -0.1) is 0 Å². The van der Waals surface area contributed by atoms with Crippen molar-refractivity contribution in [2.45, 2.75) is 51.4 Å². The van der Waals surface area contributed by atoms with Gasteiger partial charge in [0, 0.05) is 13.7 Å². The van der Waals surface area contributed by atoms with Crippen molar-refractivity contribution in [3.8, 4) is 0 Å². The lowest BCUT2D eigenvalue weighted by Gasteiger charge is -2.08. The third-order valence-electron chi connectivity index (χ3n) is 2.70. The first-order chi connectivity index (χ1) is 7.27. The Balaban J connectivity index is 2.87. The van der Waals surface area contributed by atoms with Crippen LogP contribution in [0, 0.1) is 0 Å². The van der Waals surface area contributed by atoms with Crippen molar-refractivity contribution in [2.75, 3.05) is 34.4 Å². The van der Waals surface area contributed by atoms with E-state index in [2.05, 4.69) is 19.0 Å². The molecule has 0 aromatic heterocycles. The summed E-state index contributed by atoms with van der Waals surface area (Å²) < 4.78 is 5.02. The molecule has 0 radical (unpaired) electrons. The molecule has 0 aromatic rings. The lowest BCUT2D eigenvalue weighted by atomic mass is 10.1. The van der Waals surface area contributed by atoms with Crippen molar-refractivity contribution in [3.63, 3.8) is 0 Å². The van der Waals surface area contributed by atoms with Crippen LogP contribution in [0.1, 0.15) is 51.4 Å². The highest BCUT2D eigenvalue weighted by atomic mass is 16.5. The lowest BCUT2D eigenvalue weighted by Crippen LogP contribution is -2.12. The molecule has 0 spiro atoms. The van der Waals surface area contributed by atoms with E-state index in [4.69, 9.17) is 4.74 Å². The molecule has 0 aliphatic rings. The molecule has 0 atom stereocenters. The highest BCUT2D eigenvalue weighted by Crippen LogP contribution is 2.08. The Morgan fingerprint density at radius 3 is 1.67 bits per heavy atom. The molecule has 0 aromatic carbocycles. The minimum absolute atomic E-state index is 0.933. The van der Waals surface area contributed by atoms with E-state index in [0.29, 0.717) is 0 Å². The predicted molar refractivity (Wildman–Crippen MR) is 67.4 cm³/mol. The molecule has 0 unspecified atom stereocenters. The average Bonchev–Trinajstić information content (AvgIpc) is 2.20. The second-order valence-corrected chi connectivity index (χ2v) is 4.62. The quantitative estimate of drug-likeness (QED) is 0.490. The SMILES string of the molecule is COCCCCCCCCCCN(C)C. The molecule has 0 heterocycles. The van der Waals surface area contributed by atoms with Gasteiger partial charge in [0.05, 0.1) is 0 Å². The van der Waals surface area contributed by atoms with E-state index >= 15 is 0 Å². The van der Waals surface area contributed by atoms with Gasteiger partial charge in [-0.3, -0.25) is 0 Å². The van der Waals surface area contributed by atoms with Crippen LogP contribution in [-0.4, -0.2) is 39.3 Å². The minimum atomic E-state index is 0.933. The van der Waals surface area contributed by atoms with E-state index < -0.39 is 0 Å². The Bertz CT molecular complexity index is 115. The van der Waals surface area contributed by atoms with Crippen molar-refractivity contribution in [1.82, 2.24) is 4.90 Å². The van der Waals surface area contributed by atoms with Crippen LogP contribution < -0.4 is 0 Å². The number of hydrogen-bond donors (Lipinski definition) is 0. The van der Waals surface area contributed by atoms with Gasteiger partial charge < -0.3 is 9.64 Å². The van der Waals surface area contributed by atoms with Crippen LogP contribution >= 0.6 is 0 Å². The number of ether oxygens (including phenoxy) is 1. The molecule has 15 heavy (non-hydrogen) atoms. The minimum Gasteiger partial charge on any atom is -0.385 e. The topological polar surface area (TPSA) is 12.5 Å². The van der Waals surface area contributed by atoms with Crippen molar-refractivity contribution in [2.24, 2.45) is 0 Å². The van der Waals surface area contributed by atoms with Gasteiger partial charge in [0.1, 0.15) is 0 Å². The Morgan fingerprint density at radius 1 is 0.733 bits per heavy atom. The number of methoxy groups -OCH3 is 1. The Hall–Kier alpha value is -0.0800. The first-order valence-corrected chi connectivity index (χ1v) is 6.41. The molecule has 0 saturated carbocycles. The van der Waals surface area contributed by atoms with E-state index in [1.807, 2.05) is 0 Å². The fourth-order valence-corrected chi connectivity index (χ4v) is 1.74. The van der Waals surface area contributed by atoms with Crippen molar-refractivity contribution in [3.05, 3.63) is 0 Å². The van der Waals surface area contributed by atoms with Crippen LogP contribution in [-0.2, 0) is 4.74 Å². The zero-order chi connectivity index (χ0) is 11.4. The summed E-state index contributed by atoms with van der Waals surface area (Å²) in [7, 11) is 6.08. The summed E-state index contributed by atoms with van der Waals surface area (Å²) >= 11 is 0. The second-order valence-electron chi connectivity index (χ2n) is 4.62. The maximum atomic E-state index is 5.02. The predicted octanol–water partition coefficient (Wildman–Crippen LogP) is 3.32. The maximum Gasteiger partial charge on any atom is 0.0462 e. The Kier molecular flexibility index (Phi) is 11.9. The first-order valence-electron chi connectivity index (χ1n) is 6.41. The molecule has 0 bridgehead atoms. The number of hydrogen-bond acceptors (Lipinski definition) is 2. The molecule has 0 aliphatic heterocycles. The van der Waals surface area contributed by atoms with Gasteiger partial charge in [-0.1, -0.05) is 38.5 Å². The molecule has 0 saturated heterocycles. The summed E-state index contributed by atoms with van der Waals surface area (Å²) in [6.07, 6.45) is 11.0. The molecule has 2 heteroatoms. The van der Waals surface area contributed by atoms with Crippen LogP contribution in [0.5, 0.6) is 0 Å². The van der Waals surface area contributed by atoms with Gasteiger partial charge in [0.25, 0.3) is 0 Å². The smallest absolute Gasteiger partial charge is 0.0462 e. The third kappa shape index (κ3) is 13.9. The molecule has 0 N–H and O–H groups in total. The van der Waals surface area contributed by atoms with Crippen LogP contribution in [0.15, 0.2) is 0 Å². The first kappa shape index (κ1) is 14.9. The summed E-state index contributed by atoms with van der Waals surface area (Å²) in [6, 6.07) is 0. The summed E-state index contributed by atoms with van der Waals surface area (Å²) in [5.41, 5.74) is 0. The Morgan fingerprint density at radius 2 is 1.20 bits per heavy atom. The van der Waals surface area contributed by atoms with Crippen molar-refractivity contribution in [1.29, 1.82) is 0 Å². The second kappa shape index (κ2) is 12.0. The van der Waals surface area contributed by atoms with E-state index in [0.717, 1.165) is 6.61 Å². The standard InChI is InChI=1S/C13H29NO/c1-14(2)12-10-8-6-4-5-7-9-11-13-15-3/h4-13H2,1-3H3. The molecule has 2 nitrogen and oxygen atoms in total. The number of nitrogens with zero attached hydrogens (tertiary/aromatic N) is 1. The highest BCUT2D eigenvalue weighted by molar-refractivity contribution is 4.48. The Labute approximate surface area is 96.0 Å². The van der Waals surface area contributed by atoms with Crippen LogP contribution in [0.2, 0.25) is 0 Å². The molecule has 0 fully saturated rings. The van der Waals surface area contributed by atoms with Crippen LogP contribution in [0.3, 0.4) is 0 Å². The van der Waals surface area contributed by atoms with E-state index in [-0.39, 0.29) is 0 Å². The molecular weight excluding hydrogens is 186 g/mol. The summed E-state index contributed by atoms with van der Waals surface area (Å²) in [6.45, 7) is 2.18. The number of rotatable bonds is 11. The zero-order valence-electron chi connectivity index (χ0n) is 10.9. The molecule has 0 aliphatic carbocycles. The third-order valence-corrected chi connectivity index (χ3v) is 2.70. The zero-order valence-corrected chi connectivity index (χ0v) is 10.9. The monoisotopic (exact) mass is 215 g/mol. The van der Waals surface area contributed by atoms with Crippen LogP contribution in [0.25, 0.3) is 0 Å². The van der Waals surface area contributed by atoms with E-state index in [1.165, 1.54) is 57.9 Å². The van der Waals surface area contributed by atoms with Gasteiger partial charge in [0.15, 0.2) is 0 Å². The average molecular weight is 215 g/mol. The van der Waals surface area contributed by atoms with Gasteiger partial charge in [-0.05, 0) is 33.5 Å². The van der Waals surface area contributed by atoms with Gasteiger partial charge >= 0.3 is 0 Å². The van der Waals surface area contributed by atoms with Crippen molar-refractivity contribution < 1.29 is 4.74 Å². The summed E-state index contributed by atoms with van der Waals surface area (Å²) in [5.74, 6) is 0. The molecule has 0 amide bonds. The largest absolute Gasteiger partial charge is 0.385 e. The lowest BCUT2D eigenvalue weighted by molar-refractivity contribution is 0.192. The van der Waals surface area contributed by atoms with Crippen LogP contribution in [0.4, 0.5) is 0 Å². The van der Waals surface area contributed by atoms with Gasteiger partial charge in [0.2, 0.25) is 0 Å². The molecule has 0 rings (SSSR count).